The molecule has 3 heterocycles. The molecule has 1 N–H and O–H groups in total. The van der Waals surface area contributed by atoms with Crippen molar-refractivity contribution in [3.05, 3.63) is 71.4 Å². The minimum atomic E-state index is 0.254. The summed E-state index contributed by atoms with van der Waals surface area (Å²) in [7, 11) is 0. The minimum Gasteiger partial charge on any atom is -0.454 e. The maximum absolute atomic E-state index is 6.06. The molecule has 5 nitrogen and oxygen atoms in total. The van der Waals surface area contributed by atoms with Gasteiger partial charge in [-0.2, -0.15) is 0 Å². The van der Waals surface area contributed by atoms with Crippen molar-refractivity contribution in [2.45, 2.75) is 6.92 Å². The van der Waals surface area contributed by atoms with Crippen molar-refractivity contribution >= 4 is 28.8 Å². The van der Waals surface area contributed by atoms with Crippen LogP contribution < -0.4 is 14.8 Å². The molecular formula is C21H16ClN3O2. The Morgan fingerprint density at radius 1 is 1.00 bits per heavy atom. The molecule has 134 valence electrons. The molecule has 27 heavy (non-hydrogen) atoms. The highest BCUT2D eigenvalue weighted by Crippen LogP contribution is 2.37. The van der Waals surface area contributed by atoms with Crippen molar-refractivity contribution < 1.29 is 9.47 Å². The van der Waals surface area contributed by atoms with Crippen molar-refractivity contribution in [1.29, 1.82) is 0 Å². The quantitative estimate of drug-likeness (QED) is 0.516. The molecule has 2 aromatic heterocycles. The number of fused-ring (bicyclic) bond motifs is 2. The molecule has 1 aliphatic rings. The maximum atomic E-state index is 6.06. The molecule has 0 fully saturated rings. The van der Waals surface area contributed by atoms with Gasteiger partial charge in [-0.05, 0) is 48.9 Å². The summed E-state index contributed by atoms with van der Waals surface area (Å²) in [6.07, 6.45) is 2.02. The third-order valence-electron chi connectivity index (χ3n) is 4.53. The number of nitrogens with zero attached hydrogens (tertiary/aromatic N) is 2. The van der Waals surface area contributed by atoms with Gasteiger partial charge in [-0.25, -0.2) is 4.98 Å². The van der Waals surface area contributed by atoms with Crippen LogP contribution in [0.2, 0.25) is 5.02 Å². The number of ether oxygens (including phenoxy) is 2. The number of imidazole rings is 1. The van der Waals surface area contributed by atoms with Crippen molar-refractivity contribution in [2.75, 3.05) is 12.1 Å². The van der Waals surface area contributed by atoms with Gasteiger partial charge in [0.05, 0.1) is 0 Å². The van der Waals surface area contributed by atoms with Gasteiger partial charge < -0.3 is 14.8 Å². The maximum Gasteiger partial charge on any atom is 0.231 e. The fourth-order valence-electron chi connectivity index (χ4n) is 3.19. The highest BCUT2D eigenvalue weighted by atomic mass is 35.5. The van der Waals surface area contributed by atoms with E-state index in [9.17, 15) is 0 Å². The van der Waals surface area contributed by atoms with Gasteiger partial charge in [0, 0.05) is 28.5 Å². The van der Waals surface area contributed by atoms with Gasteiger partial charge in [-0.1, -0.05) is 23.7 Å². The zero-order valence-corrected chi connectivity index (χ0v) is 15.3. The summed E-state index contributed by atoms with van der Waals surface area (Å²) >= 11 is 6.06. The average molecular weight is 378 g/mol. The number of aryl methyl sites for hydroxylation is 1. The number of benzene rings is 2. The molecule has 0 spiro atoms. The topological polar surface area (TPSA) is 47.8 Å². The van der Waals surface area contributed by atoms with Crippen LogP contribution in [0.4, 0.5) is 11.5 Å². The molecular weight excluding hydrogens is 362 g/mol. The Morgan fingerprint density at radius 3 is 2.67 bits per heavy atom. The normalized spacial score (nSPS) is 12.5. The number of halogens is 1. The van der Waals surface area contributed by atoms with Crippen LogP contribution in [-0.4, -0.2) is 16.2 Å². The van der Waals surface area contributed by atoms with Crippen LogP contribution in [0.15, 0.2) is 60.8 Å². The van der Waals surface area contributed by atoms with Crippen LogP contribution in [-0.2, 0) is 0 Å². The number of rotatable bonds is 3. The second-order valence-electron chi connectivity index (χ2n) is 6.44. The zero-order valence-electron chi connectivity index (χ0n) is 14.6. The standard InChI is InChI=1S/C21H16ClN3O2/c1-13-8-9-25-19(10-13)24-20(14-2-4-15(22)5-3-14)21(25)23-16-6-7-17-18(11-16)27-12-26-17/h2-11,23H,12H2,1H3. The lowest BCUT2D eigenvalue weighted by molar-refractivity contribution is 0.174. The first-order valence-corrected chi connectivity index (χ1v) is 8.96. The monoisotopic (exact) mass is 377 g/mol. The highest BCUT2D eigenvalue weighted by molar-refractivity contribution is 6.30. The summed E-state index contributed by atoms with van der Waals surface area (Å²) < 4.78 is 12.9. The van der Waals surface area contributed by atoms with Crippen LogP contribution in [0, 0.1) is 6.92 Å². The van der Waals surface area contributed by atoms with Gasteiger partial charge in [0.25, 0.3) is 0 Å². The van der Waals surface area contributed by atoms with Gasteiger partial charge in [-0.3, -0.25) is 4.40 Å². The molecule has 0 amide bonds. The molecule has 0 bridgehead atoms. The van der Waals surface area contributed by atoms with E-state index in [0.29, 0.717) is 5.02 Å². The number of pyridine rings is 1. The third kappa shape index (κ3) is 2.86. The van der Waals surface area contributed by atoms with Crippen LogP contribution in [0.1, 0.15) is 5.56 Å². The molecule has 0 unspecified atom stereocenters. The number of hydrogen-bond acceptors (Lipinski definition) is 4. The largest absolute Gasteiger partial charge is 0.454 e. The lowest BCUT2D eigenvalue weighted by atomic mass is 10.1. The molecule has 0 aliphatic carbocycles. The molecule has 0 saturated heterocycles. The van der Waals surface area contributed by atoms with Gasteiger partial charge >= 0.3 is 0 Å². The highest BCUT2D eigenvalue weighted by Gasteiger charge is 2.17. The molecule has 0 saturated carbocycles. The van der Waals surface area contributed by atoms with Crippen molar-refractivity contribution in [1.82, 2.24) is 9.38 Å². The molecule has 0 atom stereocenters. The van der Waals surface area contributed by atoms with Crippen molar-refractivity contribution in [3.63, 3.8) is 0 Å². The summed E-state index contributed by atoms with van der Waals surface area (Å²) in [6, 6.07) is 17.6. The Morgan fingerprint density at radius 2 is 1.81 bits per heavy atom. The van der Waals surface area contributed by atoms with Gasteiger partial charge in [0.2, 0.25) is 6.79 Å². The van der Waals surface area contributed by atoms with Gasteiger partial charge in [0.15, 0.2) is 11.5 Å². The van der Waals surface area contributed by atoms with E-state index >= 15 is 0 Å². The number of aromatic nitrogens is 2. The van der Waals surface area contributed by atoms with Gasteiger partial charge in [-0.15, -0.1) is 0 Å². The van der Waals surface area contributed by atoms with E-state index in [0.717, 1.165) is 45.5 Å². The van der Waals surface area contributed by atoms with E-state index in [1.807, 2.05) is 53.1 Å². The molecule has 1 aliphatic heterocycles. The molecule has 4 aromatic rings. The Balaban J connectivity index is 1.65. The fourth-order valence-corrected chi connectivity index (χ4v) is 3.31. The first kappa shape index (κ1) is 16.0. The summed E-state index contributed by atoms with van der Waals surface area (Å²) in [6.45, 7) is 2.31. The van der Waals surface area contributed by atoms with Crippen LogP contribution in [0.25, 0.3) is 16.9 Å². The number of anilines is 2. The van der Waals surface area contributed by atoms with E-state index in [-0.39, 0.29) is 6.79 Å². The Hall–Kier alpha value is -3.18. The van der Waals surface area contributed by atoms with Crippen LogP contribution in [0.5, 0.6) is 11.5 Å². The first-order chi connectivity index (χ1) is 13.2. The molecule has 6 heteroatoms. The summed E-state index contributed by atoms with van der Waals surface area (Å²) in [5, 5.41) is 4.19. The van der Waals surface area contributed by atoms with Crippen LogP contribution >= 0.6 is 11.6 Å². The SMILES string of the molecule is Cc1ccn2c(Nc3ccc4c(c3)OCO4)c(-c3ccc(Cl)cc3)nc2c1. The van der Waals surface area contributed by atoms with E-state index in [1.165, 1.54) is 0 Å². The Labute approximate surface area is 161 Å². The lowest BCUT2D eigenvalue weighted by Gasteiger charge is -2.10. The summed E-state index contributed by atoms with van der Waals surface area (Å²) in [5.41, 5.74) is 4.78. The Bertz CT molecular complexity index is 1150. The zero-order chi connectivity index (χ0) is 18.4. The first-order valence-electron chi connectivity index (χ1n) is 8.59. The predicted molar refractivity (Wildman–Crippen MR) is 106 cm³/mol. The lowest BCUT2D eigenvalue weighted by Crippen LogP contribution is -1.97. The van der Waals surface area contributed by atoms with Gasteiger partial charge in [0.1, 0.15) is 17.2 Å². The molecule has 2 aromatic carbocycles. The van der Waals surface area contributed by atoms with E-state index in [2.05, 4.69) is 24.4 Å². The predicted octanol–water partition coefficient (Wildman–Crippen LogP) is 5.44. The average Bonchev–Trinajstić information content (AvgIpc) is 3.26. The second-order valence-corrected chi connectivity index (χ2v) is 6.88. The van der Waals surface area contributed by atoms with E-state index in [1.54, 1.807) is 0 Å². The molecule has 0 radical (unpaired) electrons. The van der Waals surface area contributed by atoms with Crippen LogP contribution in [0.3, 0.4) is 0 Å². The number of hydrogen-bond donors (Lipinski definition) is 1. The molecule has 5 rings (SSSR count). The van der Waals surface area contributed by atoms with Crippen molar-refractivity contribution in [3.8, 4) is 22.8 Å². The third-order valence-corrected chi connectivity index (χ3v) is 4.79. The van der Waals surface area contributed by atoms with E-state index < -0.39 is 0 Å². The second kappa shape index (κ2) is 6.21. The fraction of sp³-hybridized carbons (Fsp3) is 0.0952. The van der Waals surface area contributed by atoms with E-state index in [4.69, 9.17) is 26.1 Å². The number of nitrogens with one attached hydrogen (secondary N) is 1. The minimum absolute atomic E-state index is 0.254. The van der Waals surface area contributed by atoms with Crippen molar-refractivity contribution in [2.24, 2.45) is 0 Å². The Kier molecular flexibility index (Phi) is 3.69. The summed E-state index contributed by atoms with van der Waals surface area (Å²) in [4.78, 5) is 4.84. The smallest absolute Gasteiger partial charge is 0.231 e. The summed E-state index contributed by atoms with van der Waals surface area (Å²) in [5.74, 6) is 2.37.